The van der Waals surface area contributed by atoms with Crippen molar-refractivity contribution in [1.82, 2.24) is 10.0 Å². The number of nitrogens with zero attached hydrogens (tertiary/aromatic N) is 3. The summed E-state index contributed by atoms with van der Waals surface area (Å²) in [5, 5.41) is 11.0. The number of aliphatic hydroxyl groups excluding tert-OH is 1. The third-order valence-corrected chi connectivity index (χ3v) is 3.16. The van der Waals surface area contributed by atoms with Crippen LogP contribution in [0.1, 0.15) is 19.4 Å². The maximum Gasteiger partial charge on any atom is 0.352 e. The average Bonchev–Trinajstić information content (AvgIpc) is 2.59. The Morgan fingerprint density at radius 2 is 2.15 bits per heavy atom. The lowest BCUT2D eigenvalue weighted by molar-refractivity contribution is -0.111. The maximum atomic E-state index is 13.3. The van der Waals surface area contributed by atoms with Gasteiger partial charge in [0.2, 0.25) is 0 Å². The molecule has 20 heavy (non-hydrogen) atoms. The fraction of sp³-hybridized carbons (Fsp3) is 0.500. The van der Waals surface area contributed by atoms with E-state index in [1.54, 1.807) is 6.92 Å². The lowest BCUT2D eigenvalue weighted by Crippen LogP contribution is -2.36. The van der Waals surface area contributed by atoms with Gasteiger partial charge in [-0.1, -0.05) is 0 Å². The second-order valence-corrected chi connectivity index (χ2v) is 4.61. The largest absolute Gasteiger partial charge is 0.371 e. The van der Waals surface area contributed by atoms with Gasteiger partial charge in [0.1, 0.15) is 11.9 Å². The molecule has 0 saturated carbocycles. The Morgan fingerprint density at radius 3 is 2.65 bits per heavy atom. The van der Waals surface area contributed by atoms with Crippen molar-refractivity contribution in [3.8, 4) is 0 Å². The number of carbonyl (C=O) groups is 1. The van der Waals surface area contributed by atoms with Crippen molar-refractivity contribution in [2.45, 2.75) is 32.0 Å². The number of alkyl halides is 2. The molecule has 1 aromatic heterocycles. The number of aromatic nitrogens is 1. The Bertz CT molecular complexity index is 521. The number of urea groups is 1. The quantitative estimate of drug-likeness (QED) is 0.919. The molecule has 0 radical (unpaired) electrons. The summed E-state index contributed by atoms with van der Waals surface area (Å²) in [4.78, 5) is 21.7. The van der Waals surface area contributed by atoms with Crippen molar-refractivity contribution < 1.29 is 23.5 Å². The van der Waals surface area contributed by atoms with E-state index in [-0.39, 0.29) is 11.4 Å². The number of pyridine rings is 1. The first kappa shape index (κ1) is 14.6. The molecule has 2 rings (SSSR count). The number of aliphatic hydroxyl groups is 1. The van der Waals surface area contributed by atoms with E-state index in [0.717, 1.165) is 29.0 Å². The van der Waals surface area contributed by atoms with Gasteiger partial charge in [-0.2, -0.15) is 5.06 Å². The zero-order valence-corrected chi connectivity index (χ0v) is 11.2. The highest BCUT2D eigenvalue weighted by atomic mass is 19.3. The third kappa shape index (κ3) is 2.32. The molecule has 110 valence electrons. The smallest absolute Gasteiger partial charge is 0.352 e. The van der Waals surface area contributed by atoms with Crippen LogP contribution in [0.3, 0.4) is 0 Å². The number of hydrogen-bond acceptors (Lipinski definition) is 4. The fourth-order valence-corrected chi connectivity index (χ4v) is 2.03. The Balaban J connectivity index is 2.39. The molecule has 1 aliphatic heterocycles. The van der Waals surface area contributed by atoms with Gasteiger partial charge < -0.3 is 5.11 Å². The minimum Gasteiger partial charge on any atom is -0.371 e. The van der Waals surface area contributed by atoms with Gasteiger partial charge in [0.15, 0.2) is 6.23 Å². The van der Waals surface area contributed by atoms with Crippen LogP contribution >= 0.6 is 0 Å². The van der Waals surface area contributed by atoms with Crippen LogP contribution in [0.4, 0.5) is 19.4 Å². The molecule has 0 bridgehead atoms. The zero-order valence-electron chi connectivity index (χ0n) is 11.2. The molecule has 0 spiro atoms. The number of hydroxylamine groups is 2. The molecular weight excluding hydrogens is 272 g/mol. The van der Waals surface area contributed by atoms with Crippen LogP contribution in [0.5, 0.6) is 0 Å². The van der Waals surface area contributed by atoms with Crippen LogP contribution in [0, 0.1) is 0 Å². The molecule has 2 unspecified atom stereocenters. The molecule has 2 heterocycles. The number of halogens is 2. The molecule has 6 nitrogen and oxygen atoms in total. The summed E-state index contributed by atoms with van der Waals surface area (Å²) in [5.41, 5.74) is -0.286. The average molecular weight is 287 g/mol. The molecule has 2 atom stereocenters. The molecule has 1 aliphatic rings. The van der Waals surface area contributed by atoms with E-state index in [1.807, 2.05) is 0 Å². The summed E-state index contributed by atoms with van der Waals surface area (Å²) in [6, 6.07) is 0.942. The van der Waals surface area contributed by atoms with Gasteiger partial charge in [-0.25, -0.2) is 23.5 Å². The van der Waals surface area contributed by atoms with Crippen molar-refractivity contribution in [3.05, 3.63) is 23.9 Å². The van der Waals surface area contributed by atoms with Crippen molar-refractivity contribution >= 4 is 11.8 Å². The van der Waals surface area contributed by atoms with Crippen molar-refractivity contribution in [2.24, 2.45) is 0 Å². The van der Waals surface area contributed by atoms with E-state index in [0.29, 0.717) is 0 Å². The Labute approximate surface area is 114 Å². The minimum absolute atomic E-state index is 0.0482. The highest BCUT2D eigenvalue weighted by Crippen LogP contribution is 2.31. The summed E-state index contributed by atoms with van der Waals surface area (Å²) < 4.78 is 26.6. The number of hydrogen-bond donors (Lipinski definition) is 1. The zero-order chi connectivity index (χ0) is 15.1. The summed E-state index contributed by atoms with van der Waals surface area (Å²) >= 11 is 0. The van der Waals surface area contributed by atoms with E-state index in [2.05, 4.69) is 4.98 Å². The minimum atomic E-state index is -3.06. The van der Waals surface area contributed by atoms with Crippen LogP contribution in [-0.4, -0.2) is 40.6 Å². The second-order valence-electron chi connectivity index (χ2n) is 4.61. The molecule has 1 aromatic rings. The normalized spacial score (nSPS) is 23.6. The highest BCUT2D eigenvalue weighted by molar-refractivity contribution is 5.93. The summed E-state index contributed by atoms with van der Waals surface area (Å²) in [6.07, 6.45) is -0.0574. The third-order valence-electron chi connectivity index (χ3n) is 3.16. The summed E-state index contributed by atoms with van der Waals surface area (Å²) in [6.45, 7) is 2.32. The lowest BCUT2D eigenvalue weighted by Gasteiger charge is -2.20. The molecule has 2 amide bonds. The van der Waals surface area contributed by atoms with Gasteiger partial charge in [0.25, 0.3) is 5.92 Å². The second kappa shape index (κ2) is 4.95. The molecule has 1 fully saturated rings. The summed E-state index contributed by atoms with van der Waals surface area (Å²) in [5.74, 6) is -3.11. The van der Waals surface area contributed by atoms with Crippen LogP contribution in [0.2, 0.25) is 0 Å². The van der Waals surface area contributed by atoms with E-state index in [1.165, 1.54) is 13.3 Å². The van der Waals surface area contributed by atoms with Gasteiger partial charge >= 0.3 is 6.03 Å². The molecule has 0 aromatic carbocycles. The number of carbonyl (C=O) groups excluding carboxylic acids is 1. The van der Waals surface area contributed by atoms with Crippen LogP contribution in [0.25, 0.3) is 0 Å². The monoisotopic (exact) mass is 287 g/mol. The van der Waals surface area contributed by atoms with Crippen LogP contribution in [-0.2, 0) is 10.8 Å². The highest BCUT2D eigenvalue weighted by Gasteiger charge is 2.45. The predicted octanol–water partition coefficient (Wildman–Crippen LogP) is 1.70. The Morgan fingerprint density at radius 1 is 1.50 bits per heavy atom. The van der Waals surface area contributed by atoms with Gasteiger partial charge in [0, 0.05) is 18.7 Å². The van der Waals surface area contributed by atoms with Crippen LogP contribution < -0.4 is 4.90 Å². The van der Waals surface area contributed by atoms with Gasteiger partial charge in [-0.3, -0.25) is 4.84 Å². The van der Waals surface area contributed by atoms with Gasteiger partial charge in [-0.05, 0) is 19.1 Å². The van der Waals surface area contributed by atoms with Gasteiger partial charge in [-0.15, -0.1) is 0 Å². The predicted molar refractivity (Wildman–Crippen MR) is 66.0 cm³/mol. The fourth-order valence-electron chi connectivity index (χ4n) is 2.03. The van der Waals surface area contributed by atoms with Crippen molar-refractivity contribution in [2.75, 3.05) is 12.0 Å². The Hall–Kier alpha value is -1.80. The van der Waals surface area contributed by atoms with Gasteiger partial charge in [0.05, 0.1) is 7.11 Å². The summed E-state index contributed by atoms with van der Waals surface area (Å²) in [7, 11) is 1.29. The van der Waals surface area contributed by atoms with E-state index in [9.17, 15) is 18.7 Å². The molecule has 1 N–H and O–H groups in total. The van der Waals surface area contributed by atoms with E-state index in [4.69, 9.17) is 4.84 Å². The first-order chi connectivity index (χ1) is 9.27. The Kier molecular flexibility index (Phi) is 3.61. The molecule has 1 saturated heterocycles. The molecular formula is C12H15F2N3O3. The standard InChI is InChI=1S/C12H15F2N3O3/c1-7-10(18)16(11(19)17(7)20-3)9-6-8(4-5-15-9)12(2,13)14/h4-7,10,18H,1-3H3. The molecule has 8 heteroatoms. The topological polar surface area (TPSA) is 65.9 Å². The number of amides is 2. The maximum absolute atomic E-state index is 13.3. The lowest BCUT2D eigenvalue weighted by atomic mass is 10.1. The van der Waals surface area contributed by atoms with E-state index < -0.39 is 24.2 Å². The van der Waals surface area contributed by atoms with Crippen LogP contribution in [0.15, 0.2) is 18.3 Å². The van der Waals surface area contributed by atoms with E-state index >= 15 is 0 Å². The number of anilines is 1. The number of rotatable bonds is 3. The first-order valence-corrected chi connectivity index (χ1v) is 5.96. The van der Waals surface area contributed by atoms with Crippen molar-refractivity contribution in [3.63, 3.8) is 0 Å². The first-order valence-electron chi connectivity index (χ1n) is 5.96. The molecule has 0 aliphatic carbocycles. The van der Waals surface area contributed by atoms with Crippen molar-refractivity contribution in [1.29, 1.82) is 0 Å². The SMILES string of the molecule is CON1C(=O)N(c2cc(C(C)(F)F)ccn2)C(O)C1C.